The number of carboxylic acid groups (broad SMARTS) is 1. The van der Waals surface area contributed by atoms with Crippen LogP contribution in [0.3, 0.4) is 0 Å². The molecule has 2 N–H and O–H groups in total. The highest BCUT2D eigenvalue weighted by atomic mass is 32.1. The van der Waals surface area contributed by atoms with Crippen LogP contribution < -0.4 is 5.32 Å². The van der Waals surface area contributed by atoms with Gasteiger partial charge in [0.05, 0.1) is 6.54 Å². The van der Waals surface area contributed by atoms with Gasteiger partial charge >= 0.3 is 18.2 Å². The zero-order valence-corrected chi connectivity index (χ0v) is 17.5. The van der Waals surface area contributed by atoms with E-state index in [2.05, 4.69) is 32.4 Å². The molecule has 3 fully saturated rings. The molecule has 0 aromatic carbocycles. The molecule has 30 heavy (non-hydrogen) atoms. The molecule has 3 heterocycles. The van der Waals surface area contributed by atoms with Crippen LogP contribution in [0.5, 0.6) is 0 Å². The Balaban J connectivity index is 0.000000318. The van der Waals surface area contributed by atoms with Crippen molar-refractivity contribution in [2.24, 2.45) is 5.92 Å². The quantitative estimate of drug-likeness (QED) is 0.736. The number of hydrogen-bond acceptors (Lipinski definition) is 6. The molecule has 2 aliphatic heterocycles. The highest BCUT2D eigenvalue weighted by Gasteiger charge is 2.38. The summed E-state index contributed by atoms with van der Waals surface area (Å²) in [6.45, 7) is 3.61. The molecule has 2 unspecified atom stereocenters. The number of carbonyl (C=O) groups is 2. The minimum absolute atomic E-state index is 0.0763. The van der Waals surface area contributed by atoms with Crippen LogP contribution in [-0.2, 0) is 11.3 Å². The molecule has 2 amide bonds. The van der Waals surface area contributed by atoms with Gasteiger partial charge in [-0.05, 0) is 51.6 Å². The topological polar surface area (TPSA) is 98.7 Å². The molecule has 1 aliphatic carbocycles. The Morgan fingerprint density at radius 3 is 2.53 bits per heavy atom. The molecular formula is C18H26F3N5O3S. The lowest BCUT2D eigenvalue weighted by Gasteiger charge is -2.46. The molecule has 1 saturated carbocycles. The molecule has 0 spiro atoms. The zero-order chi connectivity index (χ0) is 21.9. The van der Waals surface area contributed by atoms with Gasteiger partial charge in [-0.3, -0.25) is 0 Å². The largest absolute Gasteiger partial charge is 0.490 e. The maximum atomic E-state index is 12.6. The van der Waals surface area contributed by atoms with Crippen molar-refractivity contribution >= 4 is 23.3 Å². The minimum Gasteiger partial charge on any atom is -0.475 e. The van der Waals surface area contributed by atoms with Crippen molar-refractivity contribution < 1.29 is 27.9 Å². The summed E-state index contributed by atoms with van der Waals surface area (Å²) >= 11 is 1.65. The Hall–Kier alpha value is -1.95. The normalized spacial score (nSPS) is 24.5. The zero-order valence-electron chi connectivity index (χ0n) is 16.7. The van der Waals surface area contributed by atoms with Crippen LogP contribution in [0.2, 0.25) is 0 Å². The number of aliphatic carboxylic acids is 1. The monoisotopic (exact) mass is 449 g/mol. The van der Waals surface area contributed by atoms with Gasteiger partial charge < -0.3 is 20.2 Å². The fraction of sp³-hybridized carbons (Fsp3) is 0.778. The first-order valence-corrected chi connectivity index (χ1v) is 10.8. The van der Waals surface area contributed by atoms with Crippen molar-refractivity contribution in [2.45, 2.75) is 56.8 Å². The van der Waals surface area contributed by atoms with Gasteiger partial charge in [-0.1, -0.05) is 11.3 Å². The van der Waals surface area contributed by atoms with E-state index in [9.17, 15) is 18.0 Å². The number of carbonyl (C=O) groups excluding carboxylic acids is 1. The number of aromatic nitrogens is 2. The average Bonchev–Trinajstić information content (AvgIpc) is 3.43. The summed E-state index contributed by atoms with van der Waals surface area (Å²) in [7, 11) is 2.18. The summed E-state index contributed by atoms with van der Waals surface area (Å²) in [6, 6.07) is 0.490. The van der Waals surface area contributed by atoms with Gasteiger partial charge in [-0.15, -0.1) is 10.2 Å². The number of urea groups is 1. The van der Waals surface area contributed by atoms with Crippen LogP contribution in [0.4, 0.5) is 18.0 Å². The molecular weight excluding hydrogens is 423 g/mol. The molecule has 3 aliphatic rings. The molecule has 1 aromatic rings. The van der Waals surface area contributed by atoms with E-state index in [1.54, 1.807) is 11.3 Å². The number of likely N-dealkylation sites (tertiary alicyclic amines) is 2. The van der Waals surface area contributed by atoms with E-state index in [-0.39, 0.29) is 6.03 Å². The van der Waals surface area contributed by atoms with Gasteiger partial charge in [0, 0.05) is 25.0 Å². The third-order valence-electron chi connectivity index (χ3n) is 5.57. The summed E-state index contributed by atoms with van der Waals surface area (Å²) in [6.07, 6.45) is 0.866. The van der Waals surface area contributed by atoms with Crippen molar-refractivity contribution in [2.75, 3.05) is 26.7 Å². The van der Waals surface area contributed by atoms with E-state index in [1.807, 2.05) is 0 Å². The van der Waals surface area contributed by atoms with Gasteiger partial charge in [-0.25, -0.2) is 9.59 Å². The number of nitrogens with one attached hydrogen (secondary N) is 1. The van der Waals surface area contributed by atoms with E-state index in [1.165, 1.54) is 19.3 Å². The fourth-order valence-electron chi connectivity index (χ4n) is 3.92. The summed E-state index contributed by atoms with van der Waals surface area (Å²) in [5.41, 5.74) is 0. The van der Waals surface area contributed by atoms with E-state index >= 15 is 0 Å². The Morgan fingerprint density at radius 1 is 1.20 bits per heavy atom. The second kappa shape index (κ2) is 9.46. The standard InChI is InChI=1S/C16H25N5OS.C2HF3O2/c1-20-8-6-13-12(10-20)3-2-7-21(13)16(22)17-9-14-18-19-15(23-14)11-4-5-11;3-2(4,5)1(6)7/h11-13H,2-10H2,1H3,(H,17,22);(H,6,7). The van der Waals surface area contributed by atoms with Gasteiger partial charge in [0.2, 0.25) is 0 Å². The predicted octanol–water partition coefficient (Wildman–Crippen LogP) is 2.67. The smallest absolute Gasteiger partial charge is 0.475 e. The Morgan fingerprint density at radius 2 is 1.90 bits per heavy atom. The number of amides is 2. The van der Waals surface area contributed by atoms with Crippen molar-refractivity contribution in [1.29, 1.82) is 0 Å². The van der Waals surface area contributed by atoms with E-state index in [0.717, 1.165) is 42.5 Å². The third kappa shape index (κ3) is 6.03. The second-order valence-corrected chi connectivity index (χ2v) is 9.08. The van der Waals surface area contributed by atoms with Crippen molar-refractivity contribution in [3.05, 3.63) is 10.0 Å². The summed E-state index contributed by atoms with van der Waals surface area (Å²) < 4.78 is 31.7. The number of piperidine rings is 2. The molecule has 1 aromatic heterocycles. The first-order chi connectivity index (χ1) is 14.1. The highest BCUT2D eigenvalue weighted by Crippen LogP contribution is 2.41. The maximum absolute atomic E-state index is 12.6. The number of nitrogens with zero attached hydrogens (tertiary/aromatic N) is 4. The molecule has 0 radical (unpaired) electrons. The number of hydrogen-bond donors (Lipinski definition) is 2. The Labute approximate surface area is 176 Å². The molecule has 2 atom stereocenters. The Bertz CT molecular complexity index is 756. The lowest BCUT2D eigenvalue weighted by Crippen LogP contribution is -2.57. The summed E-state index contributed by atoms with van der Waals surface area (Å²) in [5.74, 6) is -1.48. The van der Waals surface area contributed by atoms with Gasteiger partial charge in [0.25, 0.3) is 0 Å². The third-order valence-corrected chi connectivity index (χ3v) is 6.66. The summed E-state index contributed by atoms with van der Waals surface area (Å²) in [5, 5.41) is 20.7. The second-order valence-electron chi connectivity index (χ2n) is 7.98. The summed E-state index contributed by atoms with van der Waals surface area (Å²) in [4.78, 5) is 26.0. The van der Waals surface area contributed by atoms with Gasteiger partial charge in [0.1, 0.15) is 10.0 Å². The van der Waals surface area contributed by atoms with Crippen LogP contribution in [0.15, 0.2) is 0 Å². The maximum Gasteiger partial charge on any atom is 0.490 e. The number of halogens is 3. The first-order valence-electron chi connectivity index (χ1n) is 10.0. The van der Waals surface area contributed by atoms with Gasteiger partial charge in [-0.2, -0.15) is 13.2 Å². The molecule has 168 valence electrons. The fourth-order valence-corrected chi connectivity index (χ4v) is 4.87. The molecule has 12 heteroatoms. The number of alkyl halides is 3. The van der Waals surface area contributed by atoms with Crippen molar-refractivity contribution in [3.8, 4) is 0 Å². The lowest BCUT2D eigenvalue weighted by molar-refractivity contribution is -0.192. The minimum atomic E-state index is -5.08. The van der Waals surface area contributed by atoms with Crippen LogP contribution in [0.1, 0.15) is 48.0 Å². The van der Waals surface area contributed by atoms with Crippen LogP contribution >= 0.6 is 11.3 Å². The van der Waals surface area contributed by atoms with Crippen LogP contribution in [-0.4, -0.2) is 76.0 Å². The lowest BCUT2D eigenvalue weighted by atomic mass is 9.84. The number of rotatable bonds is 3. The molecule has 4 rings (SSSR count). The molecule has 8 nitrogen and oxygen atoms in total. The van der Waals surface area contributed by atoms with Crippen LogP contribution in [0.25, 0.3) is 0 Å². The van der Waals surface area contributed by atoms with Crippen molar-refractivity contribution in [3.63, 3.8) is 0 Å². The van der Waals surface area contributed by atoms with E-state index in [4.69, 9.17) is 9.90 Å². The average molecular weight is 449 g/mol. The number of fused-ring (bicyclic) bond motifs is 1. The molecule has 0 bridgehead atoms. The highest BCUT2D eigenvalue weighted by molar-refractivity contribution is 7.11. The predicted molar refractivity (Wildman–Crippen MR) is 103 cm³/mol. The van der Waals surface area contributed by atoms with E-state index in [0.29, 0.717) is 24.4 Å². The Kier molecular flexibility index (Phi) is 7.17. The van der Waals surface area contributed by atoms with Crippen LogP contribution in [0, 0.1) is 5.92 Å². The molecule has 2 saturated heterocycles. The first kappa shape index (κ1) is 22.7. The van der Waals surface area contributed by atoms with E-state index < -0.39 is 12.1 Å². The SMILES string of the molecule is CN1CCC2C(CCCN2C(=O)NCc2nnc(C3CC3)s2)C1.O=C(O)C(F)(F)F. The van der Waals surface area contributed by atoms with Gasteiger partial charge in [0.15, 0.2) is 0 Å². The van der Waals surface area contributed by atoms with Crippen molar-refractivity contribution in [1.82, 2.24) is 25.3 Å². The number of carboxylic acids is 1.